The van der Waals surface area contributed by atoms with E-state index in [1.54, 1.807) is 16.8 Å². The predicted octanol–water partition coefficient (Wildman–Crippen LogP) is 4.88. The lowest BCUT2D eigenvalue weighted by atomic mass is 10.0. The van der Waals surface area contributed by atoms with Gasteiger partial charge in [-0.05, 0) is 36.8 Å². The molecule has 2 aromatic carbocycles. The maximum absolute atomic E-state index is 12.7. The number of hydrogen-bond donors (Lipinski definition) is 1. The molecule has 1 amide bonds. The number of hydrogen-bond acceptors (Lipinski definition) is 4. The number of fused-ring (bicyclic) bond motifs is 2. The molecule has 0 spiro atoms. The van der Waals surface area contributed by atoms with Crippen LogP contribution < -0.4 is 5.32 Å². The Labute approximate surface area is 166 Å². The quantitative estimate of drug-likeness (QED) is 0.481. The van der Waals surface area contributed by atoms with Crippen molar-refractivity contribution < 1.29 is 9.21 Å². The Morgan fingerprint density at radius 3 is 2.66 bits per heavy atom. The summed E-state index contributed by atoms with van der Waals surface area (Å²) in [5.74, 6) is 0.729. The van der Waals surface area contributed by atoms with Gasteiger partial charge in [-0.3, -0.25) is 4.79 Å². The number of anilines is 1. The number of nitrogens with zero attached hydrogens (tertiary/aromatic N) is 3. The summed E-state index contributed by atoms with van der Waals surface area (Å²) in [4.78, 5) is 17.1. The molecular formula is C23H18N4O2. The summed E-state index contributed by atoms with van der Waals surface area (Å²) < 4.78 is 7.63. The van der Waals surface area contributed by atoms with Crippen molar-refractivity contribution in [2.24, 2.45) is 0 Å². The van der Waals surface area contributed by atoms with E-state index < -0.39 is 0 Å². The van der Waals surface area contributed by atoms with Crippen LogP contribution in [0.1, 0.15) is 18.4 Å². The van der Waals surface area contributed by atoms with Crippen molar-refractivity contribution in [2.75, 3.05) is 5.32 Å². The molecule has 0 aliphatic carbocycles. The highest BCUT2D eigenvalue weighted by molar-refractivity contribution is 5.94. The molecule has 29 heavy (non-hydrogen) atoms. The largest absolute Gasteiger partial charge is 0.454 e. The molecule has 0 saturated carbocycles. The van der Waals surface area contributed by atoms with E-state index in [0.717, 1.165) is 22.2 Å². The highest BCUT2D eigenvalue weighted by atomic mass is 16.3. The average molecular weight is 382 g/mol. The zero-order valence-electron chi connectivity index (χ0n) is 15.7. The lowest BCUT2D eigenvalue weighted by Gasteiger charge is -2.12. The van der Waals surface area contributed by atoms with E-state index in [-0.39, 0.29) is 11.8 Å². The van der Waals surface area contributed by atoms with Gasteiger partial charge in [0, 0.05) is 5.39 Å². The second kappa shape index (κ2) is 6.91. The van der Waals surface area contributed by atoms with Gasteiger partial charge in [-0.1, -0.05) is 48.5 Å². The molecule has 1 unspecified atom stereocenters. The lowest BCUT2D eigenvalue weighted by molar-refractivity contribution is -0.117. The number of carbonyl (C=O) groups is 1. The minimum Gasteiger partial charge on any atom is -0.454 e. The van der Waals surface area contributed by atoms with Gasteiger partial charge in [0.15, 0.2) is 17.2 Å². The SMILES string of the molecule is CC(C(=O)Nc1ccc2ncc(-c3cc4ccccc4o3)n2n1)c1ccccc1. The number of amides is 1. The third-order valence-electron chi connectivity index (χ3n) is 4.98. The number of carbonyl (C=O) groups excluding carboxylic acids is 1. The van der Waals surface area contributed by atoms with Crippen LogP contribution >= 0.6 is 0 Å². The first-order valence-corrected chi connectivity index (χ1v) is 9.38. The predicted molar refractivity (Wildman–Crippen MR) is 112 cm³/mol. The molecular weight excluding hydrogens is 364 g/mol. The van der Waals surface area contributed by atoms with Gasteiger partial charge in [0.2, 0.25) is 5.91 Å². The smallest absolute Gasteiger partial charge is 0.232 e. The molecule has 0 radical (unpaired) electrons. The summed E-state index contributed by atoms with van der Waals surface area (Å²) in [5, 5.41) is 8.47. The zero-order chi connectivity index (χ0) is 19.8. The van der Waals surface area contributed by atoms with Crippen LogP contribution in [0.5, 0.6) is 0 Å². The number of nitrogens with one attached hydrogen (secondary N) is 1. The summed E-state index contributed by atoms with van der Waals surface area (Å²) in [6.45, 7) is 1.88. The third-order valence-corrected chi connectivity index (χ3v) is 4.98. The second-order valence-corrected chi connectivity index (χ2v) is 6.90. The lowest BCUT2D eigenvalue weighted by Crippen LogP contribution is -2.20. The fraction of sp³-hybridized carbons (Fsp3) is 0.0870. The van der Waals surface area contributed by atoms with Gasteiger partial charge in [0.25, 0.3) is 0 Å². The molecule has 3 aromatic heterocycles. The maximum atomic E-state index is 12.7. The molecule has 1 N–H and O–H groups in total. The zero-order valence-corrected chi connectivity index (χ0v) is 15.7. The van der Waals surface area contributed by atoms with Crippen molar-refractivity contribution in [2.45, 2.75) is 12.8 Å². The van der Waals surface area contributed by atoms with Gasteiger partial charge in [0.05, 0.1) is 12.1 Å². The van der Waals surface area contributed by atoms with Gasteiger partial charge in [-0.15, -0.1) is 5.10 Å². The number of para-hydroxylation sites is 1. The van der Waals surface area contributed by atoms with Gasteiger partial charge in [-0.25, -0.2) is 9.50 Å². The molecule has 6 nitrogen and oxygen atoms in total. The number of benzene rings is 2. The third kappa shape index (κ3) is 3.14. The maximum Gasteiger partial charge on any atom is 0.232 e. The van der Waals surface area contributed by atoms with Gasteiger partial charge < -0.3 is 9.73 Å². The van der Waals surface area contributed by atoms with Crippen molar-refractivity contribution in [3.8, 4) is 11.5 Å². The average Bonchev–Trinajstić information content (AvgIpc) is 3.37. The topological polar surface area (TPSA) is 72.4 Å². The molecule has 3 heterocycles. The molecule has 5 rings (SSSR count). The van der Waals surface area contributed by atoms with Crippen LogP contribution in [0, 0.1) is 0 Å². The van der Waals surface area contributed by atoms with Crippen LogP contribution in [-0.2, 0) is 4.79 Å². The Bertz CT molecular complexity index is 1290. The number of furan rings is 1. The molecule has 1 atom stereocenters. The molecule has 0 fully saturated rings. The highest BCUT2D eigenvalue weighted by Gasteiger charge is 2.17. The van der Waals surface area contributed by atoms with Crippen LogP contribution in [0.2, 0.25) is 0 Å². The Morgan fingerprint density at radius 2 is 1.83 bits per heavy atom. The van der Waals surface area contributed by atoms with Crippen molar-refractivity contribution in [3.05, 3.63) is 84.6 Å². The molecule has 0 aliphatic heterocycles. The number of aromatic nitrogens is 3. The first kappa shape index (κ1) is 17.2. The van der Waals surface area contributed by atoms with E-state index in [4.69, 9.17) is 4.42 Å². The van der Waals surface area contributed by atoms with Crippen molar-refractivity contribution >= 4 is 28.3 Å². The molecule has 0 bridgehead atoms. The highest BCUT2D eigenvalue weighted by Crippen LogP contribution is 2.28. The van der Waals surface area contributed by atoms with E-state index in [2.05, 4.69) is 15.4 Å². The number of rotatable bonds is 4. The molecule has 6 heteroatoms. The van der Waals surface area contributed by atoms with Crippen LogP contribution in [0.4, 0.5) is 5.82 Å². The summed E-state index contributed by atoms with van der Waals surface area (Å²) in [6, 6.07) is 23.0. The van der Waals surface area contributed by atoms with Crippen LogP contribution in [-0.4, -0.2) is 20.5 Å². The Kier molecular flexibility index (Phi) is 4.09. The minimum atomic E-state index is -0.286. The van der Waals surface area contributed by atoms with E-state index in [1.807, 2.05) is 73.7 Å². The monoisotopic (exact) mass is 382 g/mol. The molecule has 0 aliphatic rings. The van der Waals surface area contributed by atoms with E-state index in [0.29, 0.717) is 17.2 Å². The Morgan fingerprint density at radius 1 is 1.03 bits per heavy atom. The summed E-state index contributed by atoms with van der Waals surface area (Å²) >= 11 is 0. The van der Waals surface area contributed by atoms with E-state index in [1.165, 1.54) is 0 Å². The van der Waals surface area contributed by atoms with Crippen molar-refractivity contribution in [3.63, 3.8) is 0 Å². The van der Waals surface area contributed by atoms with Crippen LogP contribution in [0.15, 0.2) is 83.4 Å². The van der Waals surface area contributed by atoms with Crippen LogP contribution in [0.3, 0.4) is 0 Å². The summed E-state index contributed by atoms with van der Waals surface area (Å²) in [6.07, 6.45) is 1.72. The first-order chi connectivity index (χ1) is 14.2. The minimum absolute atomic E-state index is 0.117. The Balaban J connectivity index is 1.47. The normalized spacial score (nSPS) is 12.3. The van der Waals surface area contributed by atoms with E-state index in [9.17, 15) is 4.79 Å². The standard InChI is InChI=1S/C23H18N4O2/c1-15(16-7-3-2-4-8-16)23(28)25-21-11-12-22-24-14-18(27(22)26-21)20-13-17-9-5-6-10-19(17)29-20/h2-15H,1H3,(H,25,26,28). The van der Waals surface area contributed by atoms with Crippen molar-refractivity contribution in [1.82, 2.24) is 14.6 Å². The summed E-state index contributed by atoms with van der Waals surface area (Å²) in [7, 11) is 0. The fourth-order valence-corrected chi connectivity index (χ4v) is 3.34. The fourth-order valence-electron chi connectivity index (χ4n) is 3.34. The van der Waals surface area contributed by atoms with Gasteiger partial charge in [-0.2, -0.15) is 0 Å². The summed E-state index contributed by atoms with van der Waals surface area (Å²) in [5.41, 5.74) is 3.16. The van der Waals surface area contributed by atoms with Gasteiger partial charge in [0.1, 0.15) is 11.3 Å². The van der Waals surface area contributed by atoms with Crippen LogP contribution in [0.25, 0.3) is 28.1 Å². The first-order valence-electron chi connectivity index (χ1n) is 9.38. The molecule has 0 saturated heterocycles. The van der Waals surface area contributed by atoms with Gasteiger partial charge >= 0.3 is 0 Å². The van der Waals surface area contributed by atoms with Crippen molar-refractivity contribution in [1.29, 1.82) is 0 Å². The molecule has 5 aromatic rings. The second-order valence-electron chi connectivity index (χ2n) is 6.90. The van der Waals surface area contributed by atoms with E-state index >= 15 is 0 Å². The molecule has 142 valence electrons. The number of imidazole rings is 1. The Hall–Kier alpha value is -3.93.